The van der Waals surface area contributed by atoms with Gasteiger partial charge in [0.1, 0.15) is 0 Å². The van der Waals surface area contributed by atoms with Crippen LogP contribution in [0.25, 0.3) is 0 Å². The van der Waals surface area contributed by atoms with Crippen LogP contribution in [0.4, 0.5) is 0 Å². The summed E-state index contributed by atoms with van der Waals surface area (Å²) in [6.07, 6.45) is 0. The van der Waals surface area contributed by atoms with Gasteiger partial charge < -0.3 is 4.90 Å². The van der Waals surface area contributed by atoms with E-state index in [1.165, 1.54) is 0 Å². The van der Waals surface area contributed by atoms with Crippen LogP contribution in [0.5, 0.6) is 0 Å². The lowest BCUT2D eigenvalue weighted by Crippen LogP contribution is -2.56. The lowest BCUT2D eigenvalue weighted by molar-refractivity contribution is -0.136. The number of hydrogen-bond donors (Lipinski definition) is 0. The summed E-state index contributed by atoms with van der Waals surface area (Å²) in [7, 11) is -3.00. The Bertz CT molecular complexity index is 437. The lowest BCUT2D eigenvalue weighted by Gasteiger charge is -2.39. The highest BCUT2D eigenvalue weighted by atomic mass is 32.2. The summed E-state index contributed by atoms with van der Waals surface area (Å²) < 4.78 is 23.7. The van der Waals surface area contributed by atoms with E-state index in [0.717, 1.165) is 0 Å². The quantitative estimate of drug-likeness (QED) is 0.781. The van der Waals surface area contributed by atoms with Crippen LogP contribution < -0.4 is 0 Å². The van der Waals surface area contributed by atoms with E-state index >= 15 is 0 Å². The van der Waals surface area contributed by atoms with Crippen molar-refractivity contribution in [2.24, 2.45) is 0 Å². The molecule has 6 heteroatoms. The minimum absolute atomic E-state index is 0.0772. The second kappa shape index (κ2) is 6.43. The molecule has 0 radical (unpaired) electrons. The highest BCUT2D eigenvalue weighted by molar-refractivity contribution is 7.92. The first-order valence-electron chi connectivity index (χ1n) is 7.34. The van der Waals surface area contributed by atoms with Crippen LogP contribution in [0, 0.1) is 0 Å². The van der Waals surface area contributed by atoms with Gasteiger partial charge in [-0.25, -0.2) is 8.42 Å². The predicted octanol–water partition coefficient (Wildman–Crippen LogP) is 1.14. The highest BCUT2D eigenvalue weighted by Gasteiger charge is 2.37. The standard InChI is InChI=1S/C14H28N2O3S/c1-10(2)16(11(3)4)14(17)9-15-7-8-20(18,19)13(6)12(15)5/h10-13H,7-9H2,1-6H3. The topological polar surface area (TPSA) is 57.7 Å². The Labute approximate surface area is 123 Å². The molecule has 5 nitrogen and oxygen atoms in total. The zero-order valence-electron chi connectivity index (χ0n) is 13.5. The van der Waals surface area contributed by atoms with Gasteiger partial charge in [0.25, 0.3) is 0 Å². The third kappa shape index (κ3) is 3.73. The van der Waals surface area contributed by atoms with Gasteiger partial charge in [-0.05, 0) is 41.5 Å². The molecule has 0 aliphatic carbocycles. The summed E-state index contributed by atoms with van der Waals surface area (Å²) in [6, 6.07) is 0.200. The smallest absolute Gasteiger partial charge is 0.237 e. The van der Waals surface area contributed by atoms with Crippen molar-refractivity contribution in [3.8, 4) is 0 Å². The zero-order valence-corrected chi connectivity index (χ0v) is 14.3. The summed E-state index contributed by atoms with van der Waals surface area (Å²) in [5.41, 5.74) is 0. The Morgan fingerprint density at radius 2 is 1.70 bits per heavy atom. The van der Waals surface area contributed by atoms with E-state index in [9.17, 15) is 13.2 Å². The fraction of sp³-hybridized carbons (Fsp3) is 0.929. The summed E-state index contributed by atoms with van der Waals surface area (Å²) in [4.78, 5) is 16.3. The molecule has 1 fully saturated rings. The second-order valence-corrected chi connectivity index (χ2v) is 8.75. The second-order valence-electron chi connectivity index (χ2n) is 6.27. The molecule has 0 N–H and O–H groups in total. The Morgan fingerprint density at radius 3 is 2.15 bits per heavy atom. The van der Waals surface area contributed by atoms with E-state index in [0.29, 0.717) is 13.1 Å². The van der Waals surface area contributed by atoms with Gasteiger partial charge in [0.05, 0.1) is 17.5 Å². The van der Waals surface area contributed by atoms with Gasteiger partial charge in [0.2, 0.25) is 5.91 Å². The van der Waals surface area contributed by atoms with Crippen LogP contribution in [0.3, 0.4) is 0 Å². The van der Waals surface area contributed by atoms with Gasteiger partial charge in [-0.3, -0.25) is 9.69 Å². The number of hydrogen-bond acceptors (Lipinski definition) is 4. The number of amides is 1. The van der Waals surface area contributed by atoms with E-state index < -0.39 is 15.1 Å². The first-order chi connectivity index (χ1) is 9.08. The van der Waals surface area contributed by atoms with Crippen LogP contribution in [-0.2, 0) is 14.6 Å². The van der Waals surface area contributed by atoms with Gasteiger partial charge in [0.15, 0.2) is 9.84 Å². The fourth-order valence-corrected chi connectivity index (χ4v) is 4.51. The molecule has 2 unspecified atom stereocenters. The fourth-order valence-electron chi connectivity index (χ4n) is 2.88. The normalized spacial score (nSPS) is 27.0. The molecular weight excluding hydrogens is 276 g/mol. The van der Waals surface area contributed by atoms with Gasteiger partial charge in [0, 0.05) is 24.7 Å². The summed E-state index contributed by atoms with van der Waals surface area (Å²) in [5, 5.41) is -0.407. The van der Waals surface area contributed by atoms with Crippen molar-refractivity contribution in [1.82, 2.24) is 9.80 Å². The molecule has 1 amide bonds. The minimum atomic E-state index is -3.00. The molecule has 1 saturated heterocycles. The Morgan fingerprint density at radius 1 is 1.20 bits per heavy atom. The molecule has 0 bridgehead atoms. The molecule has 20 heavy (non-hydrogen) atoms. The molecule has 1 aliphatic heterocycles. The Hall–Kier alpha value is -0.620. The maximum Gasteiger partial charge on any atom is 0.237 e. The molecule has 0 saturated carbocycles. The third-order valence-electron chi connectivity index (χ3n) is 4.22. The predicted molar refractivity (Wildman–Crippen MR) is 81.4 cm³/mol. The highest BCUT2D eigenvalue weighted by Crippen LogP contribution is 2.19. The molecule has 1 heterocycles. The van der Waals surface area contributed by atoms with Crippen molar-refractivity contribution in [2.45, 2.75) is 64.9 Å². The van der Waals surface area contributed by atoms with E-state index in [-0.39, 0.29) is 29.8 Å². The van der Waals surface area contributed by atoms with E-state index in [2.05, 4.69) is 0 Å². The van der Waals surface area contributed by atoms with Gasteiger partial charge in [-0.2, -0.15) is 0 Å². The Kier molecular flexibility index (Phi) is 5.61. The number of sulfone groups is 1. The first-order valence-corrected chi connectivity index (χ1v) is 9.06. The first kappa shape index (κ1) is 17.4. The van der Waals surface area contributed by atoms with Crippen molar-refractivity contribution in [3.05, 3.63) is 0 Å². The molecule has 0 aromatic carbocycles. The zero-order chi connectivity index (χ0) is 15.7. The van der Waals surface area contributed by atoms with E-state index in [4.69, 9.17) is 0 Å². The molecular formula is C14H28N2O3S. The van der Waals surface area contributed by atoms with Crippen LogP contribution in [-0.4, -0.2) is 66.3 Å². The van der Waals surface area contributed by atoms with Gasteiger partial charge >= 0.3 is 0 Å². The van der Waals surface area contributed by atoms with Crippen molar-refractivity contribution in [1.29, 1.82) is 0 Å². The van der Waals surface area contributed by atoms with E-state index in [1.807, 2.05) is 44.4 Å². The largest absolute Gasteiger partial charge is 0.337 e. The maximum atomic E-state index is 12.4. The van der Waals surface area contributed by atoms with Crippen molar-refractivity contribution in [2.75, 3.05) is 18.8 Å². The van der Waals surface area contributed by atoms with Gasteiger partial charge in [-0.1, -0.05) is 0 Å². The monoisotopic (exact) mass is 304 g/mol. The molecule has 1 aliphatic rings. The van der Waals surface area contributed by atoms with Crippen molar-refractivity contribution < 1.29 is 13.2 Å². The molecule has 118 valence electrons. The lowest BCUT2D eigenvalue weighted by atomic mass is 10.2. The summed E-state index contributed by atoms with van der Waals surface area (Å²) >= 11 is 0. The molecule has 1 rings (SSSR count). The average molecular weight is 304 g/mol. The SMILES string of the molecule is CC1C(C)S(=O)(=O)CCN1CC(=O)N(C(C)C)C(C)C. The van der Waals surface area contributed by atoms with E-state index in [1.54, 1.807) is 6.92 Å². The summed E-state index contributed by atoms with van der Waals surface area (Å²) in [5.74, 6) is 0.225. The molecule has 0 aromatic rings. The number of rotatable bonds is 4. The van der Waals surface area contributed by atoms with Crippen LogP contribution in [0.2, 0.25) is 0 Å². The van der Waals surface area contributed by atoms with Crippen LogP contribution in [0.1, 0.15) is 41.5 Å². The van der Waals surface area contributed by atoms with Crippen molar-refractivity contribution in [3.63, 3.8) is 0 Å². The minimum Gasteiger partial charge on any atom is -0.337 e. The Balaban J connectivity index is 2.76. The number of carbonyl (C=O) groups is 1. The molecule has 0 spiro atoms. The molecule has 2 atom stereocenters. The van der Waals surface area contributed by atoms with Crippen molar-refractivity contribution >= 4 is 15.7 Å². The van der Waals surface area contributed by atoms with Crippen LogP contribution >= 0.6 is 0 Å². The molecule has 0 aromatic heterocycles. The number of carbonyl (C=O) groups excluding carboxylic acids is 1. The maximum absolute atomic E-state index is 12.4. The third-order valence-corrected chi connectivity index (χ3v) is 6.50. The van der Waals surface area contributed by atoms with Gasteiger partial charge in [-0.15, -0.1) is 0 Å². The summed E-state index contributed by atoms with van der Waals surface area (Å²) in [6.45, 7) is 12.4. The average Bonchev–Trinajstić information content (AvgIpc) is 2.29. The van der Waals surface area contributed by atoms with Crippen LogP contribution in [0.15, 0.2) is 0 Å². The number of nitrogens with zero attached hydrogens (tertiary/aromatic N) is 2.